The Morgan fingerprint density at radius 2 is 2.44 bits per heavy atom. The fourth-order valence-corrected chi connectivity index (χ4v) is 1.19. The van der Waals surface area contributed by atoms with Gasteiger partial charge in [0.2, 0.25) is 0 Å². The van der Waals surface area contributed by atoms with Crippen molar-refractivity contribution in [3.05, 3.63) is 12.3 Å². The smallest absolute Gasteiger partial charge is 0.0464 e. The lowest BCUT2D eigenvalue weighted by Crippen LogP contribution is -2.26. The van der Waals surface area contributed by atoms with Gasteiger partial charge in [0, 0.05) is 11.7 Å². The molecule has 1 aliphatic rings. The summed E-state index contributed by atoms with van der Waals surface area (Å²) < 4.78 is 0. The van der Waals surface area contributed by atoms with Crippen LogP contribution in [0, 0.1) is 5.92 Å². The van der Waals surface area contributed by atoms with Crippen LogP contribution in [0.5, 0.6) is 0 Å². The van der Waals surface area contributed by atoms with Crippen molar-refractivity contribution in [3.8, 4) is 0 Å². The molecule has 2 heteroatoms. The lowest BCUT2D eigenvalue weighted by atomic mass is 10.1. The topological polar surface area (TPSA) is 38.0 Å². The van der Waals surface area contributed by atoms with Gasteiger partial charge in [-0.05, 0) is 18.9 Å². The van der Waals surface area contributed by atoms with Gasteiger partial charge in [-0.1, -0.05) is 13.5 Å². The van der Waals surface area contributed by atoms with Gasteiger partial charge in [-0.3, -0.25) is 0 Å². The van der Waals surface area contributed by atoms with E-state index in [2.05, 4.69) is 18.8 Å². The van der Waals surface area contributed by atoms with E-state index in [1.807, 2.05) is 0 Å². The molecule has 0 radical (unpaired) electrons. The average molecular weight is 126 g/mol. The maximum Gasteiger partial charge on any atom is 0.0464 e. The highest BCUT2D eigenvalue weighted by Crippen LogP contribution is 2.14. The van der Waals surface area contributed by atoms with Crippen LogP contribution in [0.1, 0.15) is 13.3 Å². The molecule has 1 fully saturated rings. The monoisotopic (exact) mass is 126 g/mol. The highest BCUT2D eigenvalue weighted by atomic mass is 15.0. The van der Waals surface area contributed by atoms with E-state index in [0.29, 0.717) is 6.04 Å². The van der Waals surface area contributed by atoms with Crippen molar-refractivity contribution in [2.24, 2.45) is 11.7 Å². The van der Waals surface area contributed by atoms with E-state index in [1.165, 1.54) is 0 Å². The van der Waals surface area contributed by atoms with Gasteiger partial charge < -0.3 is 11.1 Å². The summed E-state index contributed by atoms with van der Waals surface area (Å²) in [5.74, 6) is 0.760. The Morgan fingerprint density at radius 3 is 2.67 bits per heavy atom. The summed E-state index contributed by atoms with van der Waals surface area (Å²) in [6, 6.07) is 0.375. The Kier molecular flexibility index (Phi) is 1.76. The minimum atomic E-state index is 0.375. The summed E-state index contributed by atoms with van der Waals surface area (Å²) in [4.78, 5) is 0. The summed E-state index contributed by atoms with van der Waals surface area (Å²) in [5.41, 5.74) is 6.28. The first-order chi connectivity index (χ1) is 4.20. The van der Waals surface area contributed by atoms with Crippen LogP contribution >= 0.6 is 0 Å². The molecule has 1 heterocycles. The Balaban J connectivity index is 2.39. The lowest BCUT2D eigenvalue weighted by Gasteiger charge is -2.07. The summed E-state index contributed by atoms with van der Waals surface area (Å²) >= 11 is 0. The highest BCUT2D eigenvalue weighted by molar-refractivity contribution is 5.03. The van der Waals surface area contributed by atoms with Crippen molar-refractivity contribution in [1.29, 1.82) is 0 Å². The molecule has 1 saturated heterocycles. The van der Waals surface area contributed by atoms with Crippen LogP contribution in [0.15, 0.2) is 12.3 Å². The number of nitrogens with two attached hydrogens (primary N) is 1. The molecule has 1 aliphatic heterocycles. The Morgan fingerprint density at radius 1 is 1.78 bits per heavy atom. The molecular formula is C7H14N2. The Labute approximate surface area is 56.1 Å². The molecule has 2 atom stereocenters. The molecule has 52 valence electrons. The summed E-state index contributed by atoms with van der Waals surface area (Å²) in [5, 5.41) is 3.28. The van der Waals surface area contributed by atoms with E-state index in [9.17, 15) is 0 Å². The van der Waals surface area contributed by atoms with Crippen molar-refractivity contribution < 1.29 is 0 Å². The number of hydrogen-bond donors (Lipinski definition) is 2. The van der Waals surface area contributed by atoms with Gasteiger partial charge in [0.15, 0.2) is 0 Å². The summed E-state index contributed by atoms with van der Waals surface area (Å²) in [6.45, 7) is 6.99. The fraction of sp³-hybridized carbons (Fsp3) is 0.714. The molecule has 0 amide bonds. The first-order valence-corrected chi connectivity index (χ1v) is 3.38. The van der Waals surface area contributed by atoms with Crippen LogP contribution in [-0.4, -0.2) is 12.6 Å². The normalized spacial score (nSPS) is 34.8. The van der Waals surface area contributed by atoms with Crippen molar-refractivity contribution in [1.82, 2.24) is 5.32 Å². The van der Waals surface area contributed by atoms with E-state index in [-0.39, 0.29) is 0 Å². The molecule has 0 aromatic rings. The summed E-state index contributed by atoms with van der Waals surface area (Å²) in [7, 11) is 0. The third kappa shape index (κ3) is 1.45. The molecule has 0 aromatic heterocycles. The highest BCUT2D eigenvalue weighted by Gasteiger charge is 2.20. The molecule has 0 aromatic carbocycles. The maximum absolute atomic E-state index is 5.50. The van der Waals surface area contributed by atoms with Crippen LogP contribution in [0.2, 0.25) is 0 Å². The largest absolute Gasteiger partial charge is 0.401 e. The fourth-order valence-electron chi connectivity index (χ4n) is 1.19. The summed E-state index contributed by atoms with van der Waals surface area (Å²) in [6.07, 6.45) is 1.15. The molecule has 9 heavy (non-hydrogen) atoms. The van der Waals surface area contributed by atoms with Gasteiger partial charge in [0.1, 0.15) is 0 Å². The van der Waals surface area contributed by atoms with Crippen molar-refractivity contribution >= 4 is 0 Å². The van der Waals surface area contributed by atoms with Crippen LogP contribution in [0.3, 0.4) is 0 Å². The molecule has 0 spiro atoms. The molecule has 2 nitrogen and oxygen atoms in total. The second-order valence-corrected chi connectivity index (χ2v) is 2.88. The molecule has 3 N–H and O–H groups in total. The van der Waals surface area contributed by atoms with Crippen LogP contribution in [0.25, 0.3) is 0 Å². The zero-order valence-electron chi connectivity index (χ0n) is 5.85. The van der Waals surface area contributed by atoms with Crippen molar-refractivity contribution in [2.75, 3.05) is 6.54 Å². The predicted octanol–water partition coefficient (Wildman–Crippen LogP) is 0.457. The molecule has 2 unspecified atom stereocenters. The average Bonchev–Trinajstić information content (AvgIpc) is 2.14. The maximum atomic E-state index is 5.50. The number of hydrogen-bond acceptors (Lipinski definition) is 2. The second-order valence-electron chi connectivity index (χ2n) is 2.88. The minimum absolute atomic E-state index is 0.375. The van der Waals surface area contributed by atoms with Gasteiger partial charge in [0.25, 0.3) is 0 Å². The second kappa shape index (κ2) is 2.40. The van der Waals surface area contributed by atoms with E-state index < -0.39 is 0 Å². The van der Waals surface area contributed by atoms with Gasteiger partial charge in [-0.15, -0.1) is 0 Å². The van der Waals surface area contributed by atoms with Crippen LogP contribution < -0.4 is 11.1 Å². The van der Waals surface area contributed by atoms with Gasteiger partial charge >= 0.3 is 0 Å². The van der Waals surface area contributed by atoms with E-state index >= 15 is 0 Å². The van der Waals surface area contributed by atoms with Crippen molar-refractivity contribution in [2.45, 2.75) is 19.4 Å². The Hall–Kier alpha value is -0.500. The zero-order chi connectivity index (χ0) is 6.85. The Bertz CT molecular complexity index is 120. The molecule has 1 rings (SSSR count). The zero-order valence-corrected chi connectivity index (χ0v) is 5.85. The van der Waals surface area contributed by atoms with Crippen LogP contribution in [-0.2, 0) is 0 Å². The molecule has 0 aliphatic carbocycles. The predicted molar refractivity (Wildman–Crippen MR) is 38.9 cm³/mol. The van der Waals surface area contributed by atoms with Crippen LogP contribution in [0.4, 0.5) is 0 Å². The van der Waals surface area contributed by atoms with Crippen molar-refractivity contribution in [3.63, 3.8) is 0 Å². The van der Waals surface area contributed by atoms with E-state index in [4.69, 9.17) is 5.73 Å². The molecule has 0 saturated carbocycles. The van der Waals surface area contributed by atoms with E-state index in [1.54, 1.807) is 0 Å². The third-order valence-electron chi connectivity index (χ3n) is 1.80. The SMILES string of the molecule is C=C(N)C1CC(C)CN1. The third-order valence-corrected chi connectivity index (χ3v) is 1.80. The van der Waals surface area contributed by atoms with Gasteiger partial charge in [-0.2, -0.15) is 0 Å². The first kappa shape index (κ1) is 6.62. The molecular weight excluding hydrogens is 112 g/mol. The number of rotatable bonds is 1. The van der Waals surface area contributed by atoms with Gasteiger partial charge in [-0.25, -0.2) is 0 Å². The quantitative estimate of drug-likeness (QED) is 0.535. The first-order valence-electron chi connectivity index (χ1n) is 3.38. The lowest BCUT2D eigenvalue weighted by molar-refractivity contribution is 0.631. The standard InChI is InChI=1S/C7H14N2/c1-5-3-7(6(2)8)9-4-5/h5,7,9H,2-4,8H2,1H3. The van der Waals surface area contributed by atoms with Gasteiger partial charge in [0.05, 0.1) is 0 Å². The molecule has 0 bridgehead atoms. The minimum Gasteiger partial charge on any atom is -0.401 e. The number of nitrogens with one attached hydrogen (secondary N) is 1. The van der Waals surface area contributed by atoms with E-state index in [0.717, 1.165) is 24.6 Å².